The van der Waals surface area contributed by atoms with Gasteiger partial charge in [0, 0.05) is 19.0 Å². The molecule has 0 aromatic rings. The van der Waals surface area contributed by atoms with Crippen LogP contribution in [0.2, 0.25) is 0 Å². The molecule has 0 aromatic carbocycles. The zero-order chi connectivity index (χ0) is 11.7. The summed E-state index contributed by atoms with van der Waals surface area (Å²) in [6, 6.07) is 0.454. The molecule has 0 spiro atoms. The van der Waals surface area contributed by atoms with Crippen LogP contribution < -0.4 is 10.6 Å². The van der Waals surface area contributed by atoms with Crippen LogP contribution >= 0.6 is 0 Å². The minimum absolute atomic E-state index is 0.0109. The molecule has 0 saturated carbocycles. The van der Waals surface area contributed by atoms with E-state index in [9.17, 15) is 4.79 Å². The largest absolute Gasteiger partial charge is 0.345 e. The fourth-order valence-corrected chi connectivity index (χ4v) is 1.21. The van der Waals surface area contributed by atoms with Crippen LogP contribution in [0.1, 0.15) is 33.6 Å². The summed E-state index contributed by atoms with van der Waals surface area (Å²) in [4.78, 5) is 11.2. The van der Waals surface area contributed by atoms with Gasteiger partial charge < -0.3 is 10.6 Å². The molecular weight excluding hydrogens is 188 g/mol. The van der Waals surface area contributed by atoms with Crippen molar-refractivity contribution < 1.29 is 4.79 Å². The maximum absolute atomic E-state index is 11.2. The molecule has 0 aliphatic rings. The van der Waals surface area contributed by atoms with Gasteiger partial charge in [-0.1, -0.05) is 26.2 Å². The molecule has 0 radical (unpaired) electrons. The van der Waals surface area contributed by atoms with Crippen LogP contribution in [0.15, 0.2) is 0 Å². The predicted octanol–water partition coefficient (Wildman–Crippen LogP) is 1.15. The highest BCUT2D eigenvalue weighted by molar-refractivity contribution is 5.76. The molecule has 2 unspecified atom stereocenters. The summed E-state index contributed by atoms with van der Waals surface area (Å²) in [6.07, 6.45) is 6.67. The first-order chi connectivity index (χ1) is 7.11. The molecule has 15 heavy (non-hydrogen) atoms. The van der Waals surface area contributed by atoms with Crippen LogP contribution in [0.25, 0.3) is 0 Å². The zero-order valence-electron chi connectivity index (χ0n) is 9.97. The number of hydrogen-bond acceptors (Lipinski definition) is 2. The quantitative estimate of drug-likeness (QED) is 0.619. The van der Waals surface area contributed by atoms with Crippen LogP contribution in [0.3, 0.4) is 0 Å². The molecule has 0 aromatic heterocycles. The van der Waals surface area contributed by atoms with Gasteiger partial charge in [-0.3, -0.25) is 4.79 Å². The second kappa shape index (κ2) is 8.31. The lowest BCUT2D eigenvalue weighted by Crippen LogP contribution is -2.35. The third-order valence-electron chi connectivity index (χ3n) is 2.70. The van der Waals surface area contributed by atoms with Gasteiger partial charge in [0.2, 0.25) is 5.91 Å². The number of rotatable bonds is 7. The Morgan fingerprint density at radius 1 is 1.47 bits per heavy atom. The van der Waals surface area contributed by atoms with E-state index in [-0.39, 0.29) is 5.91 Å². The number of carbonyl (C=O) groups excluding carboxylic acids is 1. The number of nitrogens with one attached hydrogen (secondary N) is 2. The zero-order valence-corrected chi connectivity index (χ0v) is 9.97. The fourth-order valence-electron chi connectivity index (χ4n) is 1.21. The van der Waals surface area contributed by atoms with Gasteiger partial charge in [-0.25, -0.2) is 0 Å². The van der Waals surface area contributed by atoms with Crippen molar-refractivity contribution in [2.24, 2.45) is 5.92 Å². The average molecular weight is 210 g/mol. The SMILES string of the molecule is C#CCNC(=O)CCNC(C)C(C)CC. The topological polar surface area (TPSA) is 41.1 Å². The van der Waals surface area contributed by atoms with Crippen molar-refractivity contribution in [2.75, 3.05) is 13.1 Å². The second-order valence-corrected chi connectivity index (χ2v) is 3.86. The molecule has 1 amide bonds. The van der Waals surface area contributed by atoms with E-state index in [0.29, 0.717) is 31.5 Å². The average Bonchev–Trinajstić information content (AvgIpc) is 2.24. The molecule has 0 saturated heterocycles. The van der Waals surface area contributed by atoms with Gasteiger partial charge in [0.15, 0.2) is 0 Å². The molecule has 0 bridgehead atoms. The van der Waals surface area contributed by atoms with Gasteiger partial charge >= 0.3 is 0 Å². The Bertz CT molecular complexity index is 220. The Balaban J connectivity index is 3.53. The third-order valence-corrected chi connectivity index (χ3v) is 2.70. The molecule has 0 aliphatic heterocycles. The molecular formula is C12H22N2O. The van der Waals surface area contributed by atoms with Crippen molar-refractivity contribution in [1.29, 1.82) is 0 Å². The van der Waals surface area contributed by atoms with Crippen molar-refractivity contribution >= 4 is 5.91 Å². The van der Waals surface area contributed by atoms with Gasteiger partial charge in [0.25, 0.3) is 0 Å². The Kier molecular flexibility index (Phi) is 7.75. The summed E-state index contributed by atoms with van der Waals surface area (Å²) < 4.78 is 0. The molecule has 3 heteroatoms. The lowest BCUT2D eigenvalue weighted by molar-refractivity contribution is -0.120. The standard InChI is InChI=1S/C12H22N2O/c1-5-8-14-12(15)7-9-13-11(4)10(3)6-2/h1,10-11,13H,6-9H2,2-4H3,(H,14,15). The van der Waals surface area contributed by atoms with E-state index in [1.54, 1.807) is 0 Å². The predicted molar refractivity (Wildman–Crippen MR) is 63.4 cm³/mol. The number of terminal acetylenes is 1. The van der Waals surface area contributed by atoms with Crippen molar-refractivity contribution in [1.82, 2.24) is 10.6 Å². The molecule has 0 aliphatic carbocycles. The van der Waals surface area contributed by atoms with Crippen LogP contribution in [0.5, 0.6) is 0 Å². The molecule has 0 rings (SSSR count). The van der Waals surface area contributed by atoms with E-state index in [2.05, 4.69) is 37.3 Å². The van der Waals surface area contributed by atoms with Gasteiger partial charge in [-0.05, 0) is 12.8 Å². The van der Waals surface area contributed by atoms with Crippen LogP contribution in [0, 0.1) is 18.3 Å². The van der Waals surface area contributed by atoms with E-state index in [1.807, 2.05) is 0 Å². The van der Waals surface area contributed by atoms with Crippen LogP contribution in [-0.2, 0) is 4.79 Å². The lowest BCUT2D eigenvalue weighted by Gasteiger charge is -2.19. The van der Waals surface area contributed by atoms with E-state index in [1.165, 1.54) is 0 Å². The normalized spacial score (nSPS) is 14.0. The number of amides is 1. The maximum Gasteiger partial charge on any atom is 0.222 e. The van der Waals surface area contributed by atoms with Crippen molar-refractivity contribution in [3.05, 3.63) is 0 Å². The van der Waals surface area contributed by atoms with Gasteiger partial charge in [-0.2, -0.15) is 0 Å². The molecule has 0 heterocycles. The summed E-state index contributed by atoms with van der Waals surface area (Å²) in [6.45, 7) is 7.55. The summed E-state index contributed by atoms with van der Waals surface area (Å²) in [7, 11) is 0. The van der Waals surface area contributed by atoms with Crippen molar-refractivity contribution in [2.45, 2.75) is 39.7 Å². The molecule has 2 atom stereocenters. The molecule has 86 valence electrons. The minimum Gasteiger partial charge on any atom is -0.345 e. The van der Waals surface area contributed by atoms with Crippen LogP contribution in [0.4, 0.5) is 0 Å². The maximum atomic E-state index is 11.2. The van der Waals surface area contributed by atoms with E-state index in [4.69, 9.17) is 6.42 Å². The van der Waals surface area contributed by atoms with E-state index >= 15 is 0 Å². The van der Waals surface area contributed by atoms with Gasteiger partial charge in [0.05, 0.1) is 6.54 Å². The lowest BCUT2D eigenvalue weighted by atomic mass is 10.0. The Morgan fingerprint density at radius 3 is 2.67 bits per heavy atom. The monoisotopic (exact) mass is 210 g/mol. The van der Waals surface area contributed by atoms with E-state index < -0.39 is 0 Å². The highest BCUT2D eigenvalue weighted by Crippen LogP contribution is 2.05. The number of carbonyl (C=O) groups is 1. The minimum atomic E-state index is 0.0109. The van der Waals surface area contributed by atoms with Gasteiger partial charge in [-0.15, -0.1) is 6.42 Å². The third kappa shape index (κ3) is 6.98. The van der Waals surface area contributed by atoms with Crippen molar-refractivity contribution in [3.8, 4) is 12.3 Å². The molecule has 0 fully saturated rings. The highest BCUT2D eigenvalue weighted by Gasteiger charge is 2.09. The van der Waals surface area contributed by atoms with Crippen molar-refractivity contribution in [3.63, 3.8) is 0 Å². The Hall–Kier alpha value is -1.01. The number of hydrogen-bond donors (Lipinski definition) is 2. The first-order valence-electron chi connectivity index (χ1n) is 5.55. The summed E-state index contributed by atoms with van der Waals surface area (Å²) >= 11 is 0. The summed E-state index contributed by atoms with van der Waals surface area (Å²) in [5, 5.41) is 5.96. The first kappa shape index (κ1) is 14.0. The summed E-state index contributed by atoms with van der Waals surface area (Å²) in [5.41, 5.74) is 0. The Labute approximate surface area is 93.0 Å². The second-order valence-electron chi connectivity index (χ2n) is 3.86. The fraction of sp³-hybridized carbons (Fsp3) is 0.750. The summed E-state index contributed by atoms with van der Waals surface area (Å²) in [5.74, 6) is 3.02. The first-order valence-corrected chi connectivity index (χ1v) is 5.55. The molecule has 2 N–H and O–H groups in total. The molecule has 3 nitrogen and oxygen atoms in total. The Morgan fingerprint density at radius 2 is 2.13 bits per heavy atom. The highest BCUT2D eigenvalue weighted by atomic mass is 16.1. The van der Waals surface area contributed by atoms with Gasteiger partial charge in [0.1, 0.15) is 0 Å². The van der Waals surface area contributed by atoms with E-state index in [0.717, 1.165) is 6.42 Å². The van der Waals surface area contributed by atoms with Crippen LogP contribution in [-0.4, -0.2) is 25.0 Å². The smallest absolute Gasteiger partial charge is 0.222 e.